The van der Waals surface area contributed by atoms with Crippen LogP contribution in [0.3, 0.4) is 0 Å². The average molecular weight is 218 g/mol. The van der Waals surface area contributed by atoms with E-state index in [1.165, 1.54) is 0 Å². The quantitative estimate of drug-likeness (QED) is 0.768. The Bertz CT molecular complexity index is 289. The van der Waals surface area contributed by atoms with Gasteiger partial charge in [0.15, 0.2) is 0 Å². The standard InChI is InChI=1S/C10H18O3S/c11-8-10(3-4-10)7-9-1-5-14(12,13)6-2-9/h9,11H,1-8H2. The molecule has 2 rings (SSSR count). The van der Waals surface area contributed by atoms with Gasteiger partial charge in [-0.1, -0.05) is 0 Å². The third-order valence-electron chi connectivity index (χ3n) is 3.69. The summed E-state index contributed by atoms with van der Waals surface area (Å²) in [5.41, 5.74) is 0.186. The molecule has 0 radical (unpaired) electrons. The van der Waals surface area contributed by atoms with Crippen LogP contribution >= 0.6 is 0 Å². The average Bonchev–Trinajstić information content (AvgIpc) is 2.90. The monoisotopic (exact) mass is 218 g/mol. The van der Waals surface area contributed by atoms with Crippen molar-refractivity contribution in [1.29, 1.82) is 0 Å². The van der Waals surface area contributed by atoms with Crippen LogP contribution in [0.4, 0.5) is 0 Å². The van der Waals surface area contributed by atoms with E-state index in [9.17, 15) is 13.5 Å². The Labute approximate surface area is 85.4 Å². The van der Waals surface area contributed by atoms with Crippen LogP contribution in [0.2, 0.25) is 0 Å². The van der Waals surface area contributed by atoms with Crippen LogP contribution in [-0.2, 0) is 9.84 Å². The van der Waals surface area contributed by atoms with Crippen molar-refractivity contribution in [1.82, 2.24) is 0 Å². The molecule has 1 heterocycles. The van der Waals surface area contributed by atoms with Crippen LogP contribution in [0.15, 0.2) is 0 Å². The summed E-state index contributed by atoms with van der Waals surface area (Å²) in [6.45, 7) is 0.288. The minimum absolute atomic E-state index is 0.186. The molecule has 1 aliphatic carbocycles. The second-order valence-electron chi connectivity index (χ2n) is 4.96. The van der Waals surface area contributed by atoms with E-state index in [0.29, 0.717) is 17.4 Å². The number of aliphatic hydroxyl groups excluding tert-OH is 1. The second-order valence-corrected chi connectivity index (χ2v) is 7.26. The van der Waals surface area contributed by atoms with E-state index in [4.69, 9.17) is 0 Å². The normalized spacial score (nSPS) is 30.1. The summed E-state index contributed by atoms with van der Waals surface area (Å²) >= 11 is 0. The van der Waals surface area contributed by atoms with Gasteiger partial charge in [0.05, 0.1) is 11.5 Å². The zero-order chi connectivity index (χ0) is 10.2. The first kappa shape index (κ1) is 10.4. The van der Waals surface area contributed by atoms with Gasteiger partial charge in [-0.2, -0.15) is 0 Å². The Morgan fingerprint density at radius 2 is 1.79 bits per heavy atom. The highest BCUT2D eigenvalue weighted by atomic mass is 32.2. The zero-order valence-electron chi connectivity index (χ0n) is 8.41. The van der Waals surface area contributed by atoms with Crippen molar-refractivity contribution in [3.05, 3.63) is 0 Å². The fourth-order valence-electron chi connectivity index (χ4n) is 2.36. The number of aliphatic hydroxyl groups is 1. The molecule has 0 amide bonds. The molecule has 1 saturated heterocycles. The minimum atomic E-state index is -2.72. The first-order valence-electron chi connectivity index (χ1n) is 5.37. The molecule has 0 atom stereocenters. The zero-order valence-corrected chi connectivity index (χ0v) is 9.22. The lowest BCUT2D eigenvalue weighted by Gasteiger charge is -2.25. The molecule has 3 nitrogen and oxygen atoms in total. The summed E-state index contributed by atoms with van der Waals surface area (Å²) in [7, 11) is -2.72. The molecule has 1 aliphatic heterocycles. The van der Waals surface area contributed by atoms with Crippen LogP contribution in [-0.4, -0.2) is 31.6 Å². The number of rotatable bonds is 3. The molecule has 1 saturated carbocycles. The first-order chi connectivity index (χ1) is 6.55. The molecule has 0 aromatic heterocycles. The Morgan fingerprint density at radius 3 is 2.21 bits per heavy atom. The van der Waals surface area contributed by atoms with E-state index in [-0.39, 0.29) is 12.0 Å². The van der Waals surface area contributed by atoms with Gasteiger partial charge in [-0.15, -0.1) is 0 Å². The maximum absolute atomic E-state index is 11.2. The van der Waals surface area contributed by atoms with E-state index in [2.05, 4.69) is 0 Å². The number of hydrogen-bond donors (Lipinski definition) is 1. The molecule has 4 heteroatoms. The third-order valence-corrected chi connectivity index (χ3v) is 5.40. The van der Waals surface area contributed by atoms with Crippen LogP contribution < -0.4 is 0 Å². The Balaban J connectivity index is 1.84. The molecule has 82 valence electrons. The van der Waals surface area contributed by atoms with Gasteiger partial charge in [0.1, 0.15) is 9.84 Å². The van der Waals surface area contributed by atoms with Crippen molar-refractivity contribution in [2.24, 2.45) is 11.3 Å². The van der Waals surface area contributed by atoms with Crippen molar-refractivity contribution in [2.45, 2.75) is 32.1 Å². The highest BCUT2D eigenvalue weighted by molar-refractivity contribution is 7.91. The lowest BCUT2D eigenvalue weighted by molar-refractivity contribution is 0.180. The summed E-state index contributed by atoms with van der Waals surface area (Å²) in [6, 6.07) is 0. The third kappa shape index (κ3) is 2.28. The highest BCUT2D eigenvalue weighted by Gasteiger charge is 2.44. The lowest BCUT2D eigenvalue weighted by Crippen LogP contribution is -2.26. The minimum Gasteiger partial charge on any atom is -0.396 e. The molecule has 2 fully saturated rings. The fourth-order valence-corrected chi connectivity index (χ4v) is 3.95. The molecule has 1 N–H and O–H groups in total. The van der Waals surface area contributed by atoms with Gasteiger partial charge < -0.3 is 5.11 Å². The van der Waals surface area contributed by atoms with Crippen molar-refractivity contribution in [2.75, 3.05) is 18.1 Å². The molecule has 2 aliphatic rings. The van der Waals surface area contributed by atoms with E-state index < -0.39 is 9.84 Å². The van der Waals surface area contributed by atoms with Gasteiger partial charge in [0.25, 0.3) is 0 Å². The summed E-state index contributed by atoms with van der Waals surface area (Å²) in [4.78, 5) is 0. The van der Waals surface area contributed by atoms with E-state index >= 15 is 0 Å². The maximum atomic E-state index is 11.2. The molecular weight excluding hydrogens is 200 g/mol. The Morgan fingerprint density at radius 1 is 1.21 bits per heavy atom. The van der Waals surface area contributed by atoms with Gasteiger partial charge in [0, 0.05) is 6.61 Å². The summed E-state index contributed by atoms with van der Waals surface area (Å²) in [5.74, 6) is 1.26. The second kappa shape index (κ2) is 3.49. The van der Waals surface area contributed by atoms with Crippen LogP contribution in [0, 0.1) is 11.3 Å². The molecule has 14 heavy (non-hydrogen) atoms. The SMILES string of the molecule is O=S1(=O)CCC(CC2(CO)CC2)CC1. The maximum Gasteiger partial charge on any atom is 0.150 e. The molecule has 0 aromatic carbocycles. The van der Waals surface area contributed by atoms with E-state index in [1.807, 2.05) is 0 Å². The van der Waals surface area contributed by atoms with Gasteiger partial charge in [-0.05, 0) is 43.4 Å². The molecule has 0 bridgehead atoms. The summed E-state index contributed by atoms with van der Waals surface area (Å²) < 4.78 is 22.4. The van der Waals surface area contributed by atoms with Gasteiger partial charge in [-0.3, -0.25) is 0 Å². The highest BCUT2D eigenvalue weighted by Crippen LogP contribution is 2.51. The summed E-state index contributed by atoms with van der Waals surface area (Å²) in [6.07, 6.45) is 4.92. The Hall–Kier alpha value is -0.0900. The van der Waals surface area contributed by atoms with Crippen molar-refractivity contribution >= 4 is 9.84 Å². The van der Waals surface area contributed by atoms with Crippen LogP contribution in [0.25, 0.3) is 0 Å². The topological polar surface area (TPSA) is 54.4 Å². The van der Waals surface area contributed by atoms with Gasteiger partial charge >= 0.3 is 0 Å². The van der Waals surface area contributed by atoms with Crippen molar-refractivity contribution in [3.63, 3.8) is 0 Å². The first-order valence-corrected chi connectivity index (χ1v) is 7.19. The molecule has 0 aromatic rings. The summed E-state index contributed by atoms with van der Waals surface area (Å²) in [5, 5.41) is 9.17. The van der Waals surface area contributed by atoms with Gasteiger partial charge in [0.2, 0.25) is 0 Å². The lowest BCUT2D eigenvalue weighted by atomic mass is 9.89. The number of hydrogen-bond acceptors (Lipinski definition) is 3. The molecule has 0 unspecified atom stereocenters. The smallest absolute Gasteiger partial charge is 0.150 e. The molecular formula is C10H18O3S. The Kier molecular flexibility index (Phi) is 2.60. The largest absolute Gasteiger partial charge is 0.396 e. The van der Waals surface area contributed by atoms with E-state index in [1.54, 1.807) is 0 Å². The van der Waals surface area contributed by atoms with Crippen LogP contribution in [0.5, 0.6) is 0 Å². The van der Waals surface area contributed by atoms with Crippen molar-refractivity contribution < 1.29 is 13.5 Å². The predicted molar refractivity (Wildman–Crippen MR) is 54.7 cm³/mol. The fraction of sp³-hybridized carbons (Fsp3) is 1.00. The van der Waals surface area contributed by atoms with E-state index in [0.717, 1.165) is 32.1 Å². The van der Waals surface area contributed by atoms with Crippen LogP contribution in [0.1, 0.15) is 32.1 Å². The van der Waals surface area contributed by atoms with Gasteiger partial charge in [-0.25, -0.2) is 8.42 Å². The number of sulfone groups is 1. The van der Waals surface area contributed by atoms with Crippen molar-refractivity contribution in [3.8, 4) is 0 Å². The molecule has 0 spiro atoms. The predicted octanol–water partition coefficient (Wildman–Crippen LogP) is 0.974.